The Bertz CT molecular complexity index is 458. The number of carbonyl (C=O) groups excluding carboxylic acids is 2. The fourth-order valence-corrected chi connectivity index (χ4v) is 2.32. The average Bonchev–Trinajstić information content (AvgIpc) is 2.45. The Kier molecular flexibility index (Phi) is 4.32. The van der Waals surface area contributed by atoms with Crippen molar-refractivity contribution in [1.82, 2.24) is 10.2 Å². The summed E-state index contributed by atoms with van der Waals surface area (Å²) in [7, 11) is 1.55. The van der Waals surface area contributed by atoms with Gasteiger partial charge in [0.05, 0.1) is 6.04 Å². The number of amides is 2. The Balaban J connectivity index is 1.89. The largest absolute Gasteiger partial charge is 0.305 e. The topological polar surface area (TPSA) is 49.4 Å². The van der Waals surface area contributed by atoms with E-state index < -0.39 is 0 Å². The van der Waals surface area contributed by atoms with Gasteiger partial charge in [0.15, 0.2) is 0 Å². The normalized spacial score (nSPS) is 21.6. The first-order chi connectivity index (χ1) is 9.09. The molecule has 0 aromatic heterocycles. The van der Waals surface area contributed by atoms with Crippen LogP contribution >= 0.6 is 0 Å². The molecule has 4 nitrogen and oxygen atoms in total. The van der Waals surface area contributed by atoms with Gasteiger partial charge >= 0.3 is 0 Å². The first kappa shape index (κ1) is 13.7. The van der Waals surface area contributed by atoms with Crippen LogP contribution in [0.2, 0.25) is 0 Å². The number of likely N-dealkylation sites (tertiary alicyclic amines) is 1. The molecule has 2 amide bonds. The maximum atomic E-state index is 11.9. The van der Waals surface area contributed by atoms with Crippen molar-refractivity contribution in [1.29, 1.82) is 0 Å². The maximum absolute atomic E-state index is 11.9. The third kappa shape index (κ3) is 3.20. The van der Waals surface area contributed by atoms with Crippen LogP contribution in [0.5, 0.6) is 0 Å². The van der Waals surface area contributed by atoms with Crippen LogP contribution in [0.25, 0.3) is 0 Å². The van der Waals surface area contributed by atoms with Crippen LogP contribution in [-0.2, 0) is 9.59 Å². The van der Waals surface area contributed by atoms with E-state index in [1.54, 1.807) is 7.05 Å². The van der Waals surface area contributed by atoms with Crippen molar-refractivity contribution in [2.24, 2.45) is 0 Å². The lowest BCUT2D eigenvalue weighted by atomic mass is 9.99. The molecule has 0 saturated carbocycles. The number of piperidine rings is 1. The highest BCUT2D eigenvalue weighted by Crippen LogP contribution is 2.16. The number of hydrogen-bond acceptors (Lipinski definition) is 3. The van der Waals surface area contributed by atoms with E-state index in [1.165, 1.54) is 10.5 Å². The molecule has 1 saturated heterocycles. The lowest BCUT2D eigenvalue weighted by Gasteiger charge is -2.29. The van der Waals surface area contributed by atoms with Crippen molar-refractivity contribution in [3.05, 3.63) is 35.9 Å². The van der Waals surface area contributed by atoms with E-state index in [-0.39, 0.29) is 17.9 Å². The van der Waals surface area contributed by atoms with Gasteiger partial charge in [-0.3, -0.25) is 14.5 Å². The summed E-state index contributed by atoms with van der Waals surface area (Å²) >= 11 is 0. The predicted molar refractivity (Wildman–Crippen MR) is 73.7 cm³/mol. The number of imide groups is 1. The highest BCUT2D eigenvalue weighted by molar-refractivity contribution is 6.00. The summed E-state index contributed by atoms with van der Waals surface area (Å²) in [5.74, 6) is 0.146. The second-order valence-electron chi connectivity index (χ2n) is 5.10. The van der Waals surface area contributed by atoms with Crippen molar-refractivity contribution >= 4 is 11.8 Å². The molecule has 2 unspecified atom stereocenters. The van der Waals surface area contributed by atoms with Crippen molar-refractivity contribution in [3.63, 3.8) is 0 Å². The minimum absolute atomic E-state index is 0.0841. The minimum Gasteiger partial charge on any atom is -0.305 e. The number of hydrogen-bond donors (Lipinski definition) is 1. The van der Waals surface area contributed by atoms with Crippen LogP contribution in [0.1, 0.15) is 31.2 Å². The van der Waals surface area contributed by atoms with E-state index in [1.807, 2.05) is 18.2 Å². The molecule has 1 heterocycles. The molecular formula is C15H20N2O2. The third-order valence-corrected chi connectivity index (χ3v) is 3.69. The number of rotatable bonds is 4. The third-order valence-electron chi connectivity index (χ3n) is 3.69. The molecule has 19 heavy (non-hydrogen) atoms. The SMILES string of the molecule is CC(CNC1CCC(=O)N(C)C1=O)c1ccccc1. The summed E-state index contributed by atoms with van der Waals surface area (Å²) in [6.07, 6.45) is 1.04. The van der Waals surface area contributed by atoms with Crippen molar-refractivity contribution in [2.45, 2.75) is 31.7 Å². The summed E-state index contributed by atoms with van der Waals surface area (Å²) in [4.78, 5) is 24.5. The second-order valence-corrected chi connectivity index (χ2v) is 5.10. The molecule has 1 aromatic carbocycles. The second kappa shape index (κ2) is 5.97. The molecule has 1 N–H and O–H groups in total. The van der Waals surface area contributed by atoms with Gasteiger partial charge < -0.3 is 5.32 Å². The molecule has 102 valence electrons. The van der Waals surface area contributed by atoms with Gasteiger partial charge in [-0.1, -0.05) is 37.3 Å². The van der Waals surface area contributed by atoms with Crippen LogP contribution in [0.4, 0.5) is 0 Å². The van der Waals surface area contributed by atoms with Gasteiger partial charge in [0.2, 0.25) is 11.8 Å². The Morgan fingerprint density at radius 1 is 1.32 bits per heavy atom. The van der Waals surface area contributed by atoms with E-state index in [0.717, 1.165) is 6.54 Å². The van der Waals surface area contributed by atoms with Crippen LogP contribution < -0.4 is 5.32 Å². The number of nitrogens with zero attached hydrogens (tertiary/aromatic N) is 1. The van der Waals surface area contributed by atoms with E-state index in [2.05, 4.69) is 24.4 Å². The quantitative estimate of drug-likeness (QED) is 0.835. The monoisotopic (exact) mass is 260 g/mol. The highest BCUT2D eigenvalue weighted by Gasteiger charge is 2.31. The predicted octanol–water partition coefficient (Wildman–Crippen LogP) is 1.53. The van der Waals surface area contributed by atoms with Crippen LogP contribution in [0.15, 0.2) is 30.3 Å². The van der Waals surface area contributed by atoms with E-state index >= 15 is 0 Å². The molecule has 1 fully saturated rings. The van der Waals surface area contributed by atoms with Crippen molar-refractivity contribution in [3.8, 4) is 0 Å². The molecule has 2 rings (SSSR count). The zero-order valence-electron chi connectivity index (χ0n) is 11.4. The van der Waals surface area contributed by atoms with E-state index in [9.17, 15) is 9.59 Å². The van der Waals surface area contributed by atoms with Crippen LogP contribution in [-0.4, -0.2) is 36.3 Å². The van der Waals surface area contributed by atoms with Gasteiger partial charge in [-0.2, -0.15) is 0 Å². The first-order valence-corrected chi connectivity index (χ1v) is 6.68. The molecule has 1 aliphatic rings. The molecule has 1 aromatic rings. The zero-order valence-corrected chi connectivity index (χ0v) is 11.4. The Labute approximate surface area is 113 Å². The summed E-state index contributed by atoms with van der Waals surface area (Å²) in [6, 6.07) is 9.98. The minimum atomic E-state index is -0.228. The lowest BCUT2D eigenvalue weighted by Crippen LogP contribution is -2.52. The smallest absolute Gasteiger partial charge is 0.246 e. The Morgan fingerprint density at radius 3 is 2.68 bits per heavy atom. The Hall–Kier alpha value is -1.68. The standard InChI is InChI=1S/C15H20N2O2/c1-11(12-6-4-3-5-7-12)10-16-13-8-9-14(18)17(2)15(13)19/h3-7,11,13,16H,8-10H2,1-2H3. The maximum Gasteiger partial charge on any atom is 0.246 e. The van der Waals surface area contributed by atoms with E-state index in [4.69, 9.17) is 0 Å². The molecule has 4 heteroatoms. The molecule has 0 radical (unpaired) electrons. The number of nitrogens with one attached hydrogen (secondary N) is 1. The average molecular weight is 260 g/mol. The van der Waals surface area contributed by atoms with Gasteiger partial charge in [0.25, 0.3) is 0 Å². The van der Waals surface area contributed by atoms with E-state index in [0.29, 0.717) is 18.8 Å². The summed E-state index contributed by atoms with van der Waals surface area (Å²) in [5, 5.41) is 3.28. The summed E-state index contributed by atoms with van der Waals surface area (Å²) in [5.41, 5.74) is 1.25. The van der Waals surface area contributed by atoms with Gasteiger partial charge in [0, 0.05) is 20.0 Å². The van der Waals surface area contributed by atoms with Crippen molar-refractivity contribution in [2.75, 3.05) is 13.6 Å². The molecule has 2 atom stereocenters. The molecule has 1 aliphatic heterocycles. The Morgan fingerprint density at radius 2 is 2.00 bits per heavy atom. The van der Waals surface area contributed by atoms with Crippen molar-refractivity contribution < 1.29 is 9.59 Å². The summed E-state index contributed by atoms with van der Waals surface area (Å²) < 4.78 is 0. The van der Waals surface area contributed by atoms with Gasteiger partial charge in [-0.05, 0) is 17.9 Å². The van der Waals surface area contributed by atoms with Gasteiger partial charge in [-0.25, -0.2) is 0 Å². The number of likely N-dealkylation sites (N-methyl/N-ethyl adjacent to an activating group) is 1. The molecule has 0 aliphatic carbocycles. The summed E-state index contributed by atoms with van der Waals surface area (Å²) in [6.45, 7) is 2.87. The van der Waals surface area contributed by atoms with Gasteiger partial charge in [-0.15, -0.1) is 0 Å². The fourth-order valence-electron chi connectivity index (χ4n) is 2.32. The molecule has 0 bridgehead atoms. The number of carbonyl (C=O) groups is 2. The molecular weight excluding hydrogens is 240 g/mol. The van der Waals surface area contributed by atoms with Gasteiger partial charge in [0.1, 0.15) is 0 Å². The first-order valence-electron chi connectivity index (χ1n) is 6.68. The van der Waals surface area contributed by atoms with Crippen LogP contribution in [0.3, 0.4) is 0 Å². The number of benzene rings is 1. The zero-order chi connectivity index (χ0) is 13.8. The fraction of sp³-hybridized carbons (Fsp3) is 0.467. The molecule has 0 spiro atoms. The lowest BCUT2D eigenvalue weighted by molar-refractivity contribution is -0.148. The highest BCUT2D eigenvalue weighted by atomic mass is 16.2. The van der Waals surface area contributed by atoms with Crippen LogP contribution in [0, 0.1) is 0 Å².